The van der Waals surface area contributed by atoms with E-state index in [1.165, 1.54) is 0 Å². The average molecular weight is 287 g/mol. The molecule has 1 aliphatic rings. The van der Waals surface area contributed by atoms with E-state index in [1.807, 2.05) is 0 Å². The highest BCUT2D eigenvalue weighted by Gasteiger charge is 2.28. The van der Waals surface area contributed by atoms with Crippen molar-refractivity contribution < 1.29 is 17.9 Å². The molecule has 0 saturated carbocycles. The Morgan fingerprint density at radius 2 is 1.90 bits per heavy atom. The summed E-state index contributed by atoms with van der Waals surface area (Å²) in [6.45, 7) is 5.83. The number of benzene rings is 1. The van der Waals surface area contributed by atoms with Crippen molar-refractivity contribution in [3.05, 3.63) is 29.6 Å². The lowest BCUT2D eigenvalue weighted by Gasteiger charge is -2.26. The van der Waals surface area contributed by atoms with Crippen LogP contribution in [-0.4, -0.2) is 19.2 Å². The molecule has 20 heavy (non-hydrogen) atoms. The predicted octanol–water partition coefficient (Wildman–Crippen LogP) is 3.51. The van der Waals surface area contributed by atoms with Gasteiger partial charge in [-0.1, -0.05) is 13.8 Å². The molecule has 2 atom stereocenters. The molecule has 1 heterocycles. The Morgan fingerprint density at radius 3 is 2.50 bits per heavy atom. The molecule has 112 valence electrons. The largest absolute Gasteiger partial charge is 0.487 e. The fraction of sp³-hybridized carbons (Fsp3) is 0.600. The van der Waals surface area contributed by atoms with Crippen molar-refractivity contribution in [3.8, 4) is 5.75 Å². The normalized spacial score (nSPS) is 20.4. The van der Waals surface area contributed by atoms with Crippen LogP contribution in [0.4, 0.5) is 13.2 Å². The first kappa shape index (κ1) is 15.2. The molecule has 0 aromatic heterocycles. The number of hydrogen-bond donors (Lipinski definition) is 1. The first-order valence-electron chi connectivity index (χ1n) is 6.99. The van der Waals surface area contributed by atoms with Crippen LogP contribution in [0.2, 0.25) is 0 Å². The fourth-order valence-corrected chi connectivity index (χ4v) is 2.55. The van der Waals surface area contributed by atoms with Crippen LogP contribution in [0.3, 0.4) is 0 Å². The molecule has 1 fully saturated rings. The molecular weight excluding hydrogens is 267 g/mol. The van der Waals surface area contributed by atoms with E-state index in [-0.39, 0.29) is 17.8 Å². The molecule has 5 heteroatoms. The molecule has 0 bridgehead atoms. The Kier molecular flexibility index (Phi) is 4.91. The fourth-order valence-electron chi connectivity index (χ4n) is 2.55. The standard InChI is InChI=1S/C15H20F3NO/c1-9(2)5-14(10-3-4-19-8-10)20-15-7-12(17)11(16)6-13(15)18/h6-7,9-10,14,19H,3-5,8H2,1-2H3/t10?,14-/m0/s1. The summed E-state index contributed by atoms with van der Waals surface area (Å²) >= 11 is 0. The van der Waals surface area contributed by atoms with Gasteiger partial charge in [-0.05, 0) is 25.3 Å². The summed E-state index contributed by atoms with van der Waals surface area (Å²) in [6, 6.07) is 1.32. The number of rotatable bonds is 5. The molecule has 1 N–H and O–H groups in total. The minimum absolute atomic E-state index is 0.190. The monoisotopic (exact) mass is 287 g/mol. The molecule has 0 amide bonds. The molecule has 0 radical (unpaired) electrons. The second-order valence-electron chi connectivity index (χ2n) is 5.74. The predicted molar refractivity (Wildman–Crippen MR) is 71.2 cm³/mol. The first-order chi connectivity index (χ1) is 9.47. The minimum Gasteiger partial charge on any atom is -0.487 e. The van der Waals surface area contributed by atoms with Gasteiger partial charge in [0.15, 0.2) is 23.2 Å². The van der Waals surface area contributed by atoms with Gasteiger partial charge in [0.1, 0.15) is 6.10 Å². The van der Waals surface area contributed by atoms with Crippen LogP contribution < -0.4 is 10.1 Å². The minimum atomic E-state index is -1.20. The summed E-state index contributed by atoms with van der Waals surface area (Å²) in [4.78, 5) is 0. The SMILES string of the molecule is CC(C)C[C@H](Oc1cc(F)c(F)cc1F)C1CCNC1. The van der Waals surface area contributed by atoms with E-state index < -0.39 is 17.5 Å². The molecule has 1 unspecified atom stereocenters. The first-order valence-corrected chi connectivity index (χ1v) is 6.99. The number of hydrogen-bond acceptors (Lipinski definition) is 2. The van der Waals surface area contributed by atoms with Gasteiger partial charge < -0.3 is 10.1 Å². The molecule has 1 aliphatic heterocycles. The van der Waals surface area contributed by atoms with Gasteiger partial charge in [-0.2, -0.15) is 0 Å². The maximum Gasteiger partial charge on any atom is 0.168 e. The van der Waals surface area contributed by atoms with E-state index in [0.29, 0.717) is 12.0 Å². The van der Waals surface area contributed by atoms with Gasteiger partial charge >= 0.3 is 0 Å². The van der Waals surface area contributed by atoms with Crippen LogP contribution in [-0.2, 0) is 0 Å². The van der Waals surface area contributed by atoms with E-state index in [9.17, 15) is 13.2 Å². The van der Waals surface area contributed by atoms with E-state index >= 15 is 0 Å². The van der Waals surface area contributed by atoms with Gasteiger partial charge in [-0.15, -0.1) is 0 Å². The third-order valence-corrected chi connectivity index (χ3v) is 3.58. The van der Waals surface area contributed by atoms with E-state index in [0.717, 1.165) is 32.0 Å². The van der Waals surface area contributed by atoms with Crippen molar-refractivity contribution in [1.29, 1.82) is 0 Å². The highest BCUT2D eigenvalue weighted by Crippen LogP contribution is 2.28. The quantitative estimate of drug-likeness (QED) is 0.837. The van der Waals surface area contributed by atoms with Crippen molar-refractivity contribution in [3.63, 3.8) is 0 Å². The van der Waals surface area contributed by atoms with E-state index in [2.05, 4.69) is 19.2 Å². The summed E-state index contributed by atoms with van der Waals surface area (Å²) in [5.41, 5.74) is 0. The highest BCUT2D eigenvalue weighted by molar-refractivity contribution is 5.26. The summed E-state index contributed by atoms with van der Waals surface area (Å²) in [7, 11) is 0. The van der Waals surface area contributed by atoms with E-state index in [4.69, 9.17) is 4.74 Å². The molecule has 1 aromatic carbocycles. The number of halogens is 3. The van der Waals surface area contributed by atoms with Gasteiger partial charge in [0, 0.05) is 24.6 Å². The smallest absolute Gasteiger partial charge is 0.168 e. The lowest BCUT2D eigenvalue weighted by Crippen LogP contribution is -2.30. The Bertz CT molecular complexity index is 459. The second-order valence-corrected chi connectivity index (χ2v) is 5.74. The molecule has 1 saturated heterocycles. The third kappa shape index (κ3) is 3.66. The second kappa shape index (κ2) is 6.48. The van der Waals surface area contributed by atoms with Crippen LogP contribution in [0.5, 0.6) is 5.75 Å². The maximum atomic E-state index is 13.7. The molecule has 1 aromatic rings. The summed E-state index contributed by atoms with van der Waals surface area (Å²) < 4.78 is 45.5. The molecule has 0 spiro atoms. The summed E-state index contributed by atoms with van der Waals surface area (Å²) in [6.07, 6.45) is 1.51. The Labute approximate surface area is 117 Å². The molecule has 2 nitrogen and oxygen atoms in total. The molecule has 2 rings (SSSR count). The Morgan fingerprint density at radius 1 is 1.20 bits per heavy atom. The van der Waals surface area contributed by atoms with Gasteiger partial charge in [0.05, 0.1) is 0 Å². The van der Waals surface area contributed by atoms with Crippen molar-refractivity contribution in [1.82, 2.24) is 5.32 Å². The van der Waals surface area contributed by atoms with Gasteiger partial charge in [-0.3, -0.25) is 0 Å². The van der Waals surface area contributed by atoms with Crippen molar-refractivity contribution in [2.24, 2.45) is 11.8 Å². The van der Waals surface area contributed by atoms with Gasteiger partial charge in [-0.25, -0.2) is 13.2 Å². The van der Waals surface area contributed by atoms with Crippen LogP contribution in [0.15, 0.2) is 12.1 Å². The van der Waals surface area contributed by atoms with Crippen LogP contribution in [0, 0.1) is 29.3 Å². The zero-order chi connectivity index (χ0) is 14.7. The Hall–Kier alpha value is -1.23. The lowest BCUT2D eigenvalue weighted by molar-refractivity contribution is 0.113. The summed E-state index contributed by atoms with van der Waals surface area (Å²) in [5, 5.41) is 3.24. The topological polar surface area (TPSA) is 21.3 Å². The van der Waals surface area contributed by atoms with Crippen molar-refractivity contribution in [2.75, 3.05) is 13.1 Å². The summed E-state index contributed by atoms with van der Waals surface area (Å²) in [5.74, 6) is -2.70. The average Bonchev–Trinajstić information content (AvgIpc) is 2.88. The maximum absolute atomic E-state index is 13.7. The molecule has 0 aliphatic carbocycles. The van der Waals surface area contributed by atoms with Gasteiger partial charge in [0.2, 0.25) is 0 Å². The Balaban J connectivity index is 2.16. The third-order valence-electron chi connectivity index (χ3n) is 3.58. The zero-order valence-electron chi connectivity index (χ0n) is 11.8. The number of ether oxygens (including phenoxy) is 1. The van der Waals surface area contributed by atoms with Crippen LogP contribution >= 0.6 is 0 Å². The van der Waals surface area contributed by atoms with Crippen LogP contribution in [0.25, 0.3) is 0 Å². The van der Waals surface area contributed by atoms with Crippen molar-refractivity contribution >= 4 is 0 Å². The van der Waals surface area contributed by atoms with Gasteiger partial charge in [0.25, 0.3) is 0 Å². The number of nitrogens with one attached hydrogen (secondary N) is 1. The van der Waals surface area contributed by atoms with Crippen molar-refractivity contribution in [2.45, 2.75) is 32.8 Å². The lowest BCUT2D eigenvalue weighted by atomic mass is 9.93. The highest BCUT2D eigenvalue weighted by atomic mass is 19.2. The zero-order valence-corrected chi connectivity index (χ0v) is 11.8. The van der Waals surface area contributed by atoms with Crippen LogP contribution in [0.1, 0.15) is 26.7 Å². The van der Waals surface area contributed by atoms with E-state index in [1.54, 1.807) is 0 Å². The molecular formula is C15H20F3NO.